The fraction of sp³-hybridized carbons (Fsp3) is 0.300. The molecule has 31 heavy (non-hydrogen) atoms. The molecule has 1 aromatic carbocycles. The molecule has 160 valence electrons. The van der Waals surface area contributed by atoms with Gasteiger partial charge in [-0.2, -0.15) is 5.10 Å². The van der Waals surface area contributed by atoms with Crippen molar-refractivity contribution >= 4 is 28.7 Å². The summed E-state index contributed by atoms with van der Waals surface area (Å²) in [4.78, 5) is 14.3. The van der Waals surface area contributed by atoms with Gasteiger partial charge in [0.15, 0.2) is 33.6 Å². The van der Waals surface area contributed by atoms with Crippen molar-refractivity contribution in [3.8, 4) is 22.8 Å². The largest absolute Gasteiger partial charge is 0.454 e. The highest BCUT2D eigenvalue weighted by Crippen LogP contribution is 2.44. The van der Waals surface area contributed by atoms with Crippen molar-refractivity contribution in [2.45, 2.75) is 29.9 Å². The minimum Gasteiger partial charge on any atom is -0.454 e. The van der Waals surface area contributed by atoms with Crippen LogP contribution in [0.5, 0.6) is 11.5 Å². The quantitative estimate of drug-likeness (QED) is 0.356. The van der Waals surface area contributed by atoms with Gasteiger partial charge < -0.3 is 25.1 Å². The number of H-pyrrole nitrogens is 1. The number of rotatable bonds is 8. The van der Waals surface area contributed by atoms with Gasteiger partial charge in [-0.1, -0.05) is 18.7 Å². The molecule has 0 amide bonds. The summed E-state index contributed by atoms with van der Waals surface area (Å²) in [5.41, 5.74) is 9.24. The number of nitrogen functional groups attached to an aromatic ring is 1. The normalized spacial score (nSPS) is 12.7. The van der Waals surface area contributed by atoms with Crippen molar-refractivity contribution in [3.63, 3.8) is 0 Å². The van der Waals surface area contributed by atoms with Crippen molar-refractivity contribution in [3.05, 3.63) is 30.7 Å². The molecule has 0 aliphatic carbocycles. The van der Waals surface area contributed by atoms with E-state index in [9.17, 15) is 0 Å². The van der Waals surface area contributed by atoms with Gasteiger partial charge in [-0.15, -0.1) is 0 Å². The average molecular weight is 439 g/mol. The van der Waals surface area contributed by atoms with Crippen LogP contribution in [0.1, 0.15) is 13.3 Å². The Labute approximate surface area is 182 Å². The smallest absolute Gasteiger partial charge is 0.231 e. The van der Waals surface area contributed by atoms with Crippen molar-refractivity contribution in [1.82, 2.24) is 35.0 Å². The molecule has 4 N–H and O–H groups in total. The molecule has 4 aromatic rings. The van der Waals surface area contributed by atoms with Gasteiger partial charge in [0, 0.05) is 29.7 Å². The van der Waals surface area contributed by atoms with Gasteiger partial charge in [-0.25, -0.2) is 15.0 Å². The molecule has 0 spiro atoms. The maximum atomic E-state index is 6.09. The number of imidazole rings is 1. The van der Waals surface area contributed by atoms with E-state index in [0.717, 1.165) is 46.5 Å². The molecule has 11 heteroatoms. The number of anilines is 1. The van der Waals surface area contributed by atoms with Crippen LogP contribution in [0.4, 0.5) is 5.82 Å². The molecule has 0 radical (unpaired) electrons. The first-order valence-electron chi connectivity index (χ1n) is 10.0. The number of hydrogen-bond acceptors (Lipinski definition) is 9. The van der Waals surface area contributed by atoms with E-state index in [0.29, 0.717) is 29.4 Å². The molecule has 0 unspecified atom stereocenters. The maximum Gasteiger partial charge on any atom is 0.231 e. The zero-order chi connectivity index (χ0) is 21.2. The summed E-state index contributed by atoms with van der Waals surface area (Å²) in [5, 5.41) is 11.3. The van der Waals surface area contributed by atoms with Gasteiger partial charge in [0.25, 0.3) is 0 Å². The van der Waals surface area contributed by atoms with Gasteiger partial charge in [-0.3, -0.25) is 5.10 Å². The van der Waals surface area contributed by atoms with E-state index in [1.54, 1.807) is 6.20 Å². The highest BCUT2D eigenvalue weighted by atomic mass is 32.2. The summed E-state index contributed by atoms with van der Waals surface area (Å²) >= 11 is 1.52. The predicted octanol–water partition coefficient (Wildman–Crippen LogP) is 2.68. The molecular weight excluding hydrogens is 416 g/mol. The van der Waals surface area contributed by atoms with Crippen LogP contribution in [-0.4, -0.2) is 49.6 Å². The molecular formula is C20H22N8O2S. The van der Waals surface area contributed by atoms with Crippen LogP contribution in [0, 0.1) is 0 Å². The Kier molecular flexibility index (Phi) is 5.35. The number of nitrogens with zero attached hydrogens (tertiary/aromatic N) is 5. The second kappa shape index (κ2) is 8.44. The third kappa shape index (κ3) is 3.77. The van der Waals surface area contributed by atoms with Gasteiger partial charge in [0.05, 0.1) is 5.69 Å². The SMILES string of the molecule is CCCNCCn1c(Sc2cc3c(cc2-c2ccn[nH]2)OCO3)nc2c(N)ncnc21. The van der Waals surface area contributed by atoms with Crippen molar-refractivity contribution in [2.75, 3.05) is 25.6 Å². The number of aromatic nitrogens is 6. The summed E-state index contributed by atoms with van der Waals surface area (Å²) in [5.74, 6) is 1.78. The number of benzene rings is 1. The highest BCUT2D eigenvalue weighted by Gasteiger charge is 2.22. The van der Waals surface area contributed by atoms with Crippen LogP contribution in [0.15, 0.2) is 40.8 Å². The molecule has 10 nitrogen and oxygen atoms in total. The summed E-state index contributed by atoms with van der Waals surface area (Å²) in [6.45, 7) is 4.81. The van der Waals surface area contributed by atoms with Crippen LogP contribution < -0.4 is 20.5 Å². The topological polar surface area (TPSA) is 129 Å². The van der Waals surface area contributed by atoms with Crippen molar-refractivity contribution in [2.24, 2.45) is 0 Å². The lowest BCUT2D eigenvalue weighted by atomic mass is 10.1. The molecule has 0 atom stereocenters. The number of ether oxygens (including phenoxy) is 2. The molecule has 1 aliphatic heterocycles. The summed E-state index contributed by atoms with van der Waals surface area (Å²) in [7, 11) is 0. The molecule has 4 heterocycles. The first-order valence-corrected chi connectivity index (χ1v) is 10.8. The number of nitrogens with two attached hydrogens (primary N) is 1. The summed E-state index contributed by atoms with van der Waals surface area (Å²) in [6.07, 6.45) is 4.27. The molecule has 0 bridgehead atoms. The highest BCUT2D eigenvalue weighted by molar-refractivity contribution is 7.99. The van der Waals surface area contributed by atoms with E-state index in [4.69, 9.17) is 20.2 Å². The van der Waals surface area contributed by atoms with Crippen LogP contribution in [0.3, 0.4) is 0 Å². The molecule has 0 fully saturated rings. The standard InChI is InChI=1S/C20H22N8O2S/c1-2-4-22-6-7-28-19-17(18(21)23-10-24-19)26-20(28)31-16-9-15-14(29-11-30-15)8-12(16)13-3-5-25-27-13/h3,5,8-10,22H,2,4,6-7,11H2,1H3,(H,25,27)(H2,21,23,24). The van der Waals surface area contributed by atoms with Gasteiger partial charge >= 0.3 is 0 Å². The monoisotopic (exact) mass is 438 g/mol. The van der Waals surface area contributed by atoms with Crippen LogP contribution in [-0.2, 0) is 6.54 Å². The number of nitrogens with one attached hydrogen (secondary N) is 2. The van der Waals surface area contributed by atoms with Crippen molar-refractivity contribution in [1.29, 1.82) is 0 Å². The molecule has 3 aromatic heterocycles. The van der Waals surface area contributed by atoms with E-state index in [-0.39, 0.29) is 6.79 Å². The first kappa shape index (κ1) is 19.6. The van der Waals surface area contributed by atoms with Crippen LogP contribution in [0.2, 0.25) is 0 Å². The second-order valence-electron chi connectivity index (χ2n) is 7.00. The number of aromatic amines is 1. The average Bonchev–Trinajstić information content (AvgIpc) is 3.51. The summed E-state index contributed by atoms with van der Waals surface area (Å²) in [6, 6.07) is 5.85. The van der Waals surface area contributed by atoms with Gasteiger partial charge in [-0.05, 0) is 31.2 Å². The third-order valence-electron chi connectivity index (χ3n) is 4.93. The lowest BCUT2D eigenvalue weighted by Gasteiger charge is -2.12. The summed E-state index contributed by atoms with van der Waals surface area (Å²) < 4.78 is 13.3. The minimum atomic E-state index is 0.208. The Morgan fingerprint density at radius 2 is 2.10 bits per heavy atom. The first-order chi connectivity index (χ1) is 15.2. The number of fused-ring (bicyclic) bond motifs is 2. The van der Waals surface area contributed by atoms with E-state index < -0.39 is 0 Å². The van der Waals surface area contributed by atoms with E-state index in [1.165, 1.54) is 18.1 Å². The molecule has 1 aliphatic rings. The fourth-order valence-corrected chi connectivity index (χ4v) is 4.49. The molecule has 5 rings (SSSR count). The third-order valence-corrected chi connectivity index (χ3v) is 5.98. The zero-order valence-electron chi connectivity index (χ0n) is 17.0. The minimum absolute atomic E-state index is 0.208. The van der Waals surface area contributed by atoms with Crippen LogP contribution >= 0.6 is 11.8 Å². The van der Waals surface area contributed by atoms with E-state index >= 15 is 0 Å². The maximum absolute atomic E-state index is 6.09. The zero-order valence-corrected chi connectivity index (χ0v) is 17.8. The van der Waals surface area contributed by atoms with E-state index in [1.807, 2.05) is 18.2 Å². The fourth-order valence-electron chi connectivity index (χ4n) is 3.43. The lowest BCUT2D eigenvalue weighted by molar-refractivity contribution is 0.174. The Hall–Kier alpha value is -3.31. The second-order valence-corrected chi connectivity index (χ2v) is 8.01. The molecule has 0 saturated heterocycles. The van der Waals surface area contributed by atoms with E-state index in [2.05, 4.69) is 37.0 Å². The van der Waals surface area contributed by atoms with Gasteiger partial charge in [0.1, 0.15) is 6.33 Å². The van der Waals surface area contributed by atoms with Gasteiger partial charge in [0.2, 0.25) is 6.79 Å². The Morgan fingerprint density at radius 3 is 2.90 bits per heavy atom. The van der Waals surface area contributed by atoms with Crippen LogP contribution in [0.25, 0.3) is 22.4 Å². The van der Waals surface area contributed by atoms with Crippen molar-refractivity contribution < 1.29 is 9.47 Å². The Bertz CT molecular complexity index is 1210. The predicted molar refractivity (Wildman–Crippen MR) is 117 cm³/mol. The Morgan fingerprint density at radius 1 is 1.23 bits per heavy atom. The Balaban J connectivity index is 1.57. The number of hydrogen-bond donors (Lipinski definition) is 3. The molecule has 0 saturated carbocycles. The lowest BCUT2D eigenvalue weighted by Crippen LogP contribution is -2.21.